The Kier molecular flexibility index (Phi) is 2.26. The van der Waals surface area contributed by atoms with Gasteiger partial charge in [-0.15, -0.1) is 0 Å². The molecule has 0 aliphatic carbocycles. The van der Waals surface area contributed by atoms with Crippen molar-refractivity contribution in [1.29, 1.82) is 0 Å². The summed E-state index contributed by atoms with van der Waals surface area (Å²) in [4.78, 5) is 4.49. The predicted molar refractivity (Wildman–Crippen MR) is 46.8 cm³/mol. The lowest BCUT2D eigenvalue weighted by molar-refractivity contribution is 0.675. The first-order valence-corrected chi connectivity index (χ1v) is 4.85. The average Bonchev–Trinajstić information content (AvgIpc) is 2.06. The highest BCUT2D eigenvalue weighted by Crippen LogP contribution is 2.03. The fourth-order valence-corrected chi connectivity index (χ4v) is 1.47. The molecule has 0 aliphatic rings. The van der Waals surface area contributed by atoms with Gasteiger partial charge in [0.05, 0.1) is 9.71 Å². The van der Waals surface area contributed by atoms with Gasteiger partial charge in [-0.05, 0) is 25.1 Å². The van der Waals surface area contributed by atoms with Crippen molar-refractivity contribution in [3.8, 4) is 0 Å². The van der Waals surface area contributed by atoms with Crippen molar-refractivity contribution in [3.05, 3.63) is 24.5 Å². The fourth-order valence-electron chi connectivity index (χ4n) is 0.676. The lowest BCUT2D eigenvalue weighted by Crippen LogP contribution is -2.18. The third kappa shape index (κ3) is 1.78. The lowest BCUT2D eigenvalue weighted by atomic mass is 10.5. The van der Waals surface area contributed by atoms with Gasteiger partial charge in [0.15, 0.2) is 0 Å². The van der Waals surface area contributed by atoms with Crippen molar-refractivity contribution in [3.63, 3.8) is 0 Å². The van der Waals surface area contributed by atoms with Gasteiger partial charge in [-0.25, -0.2) is 8.93 Å². The third-order valence-electron chi connectivity index (χ3n) is 1.36. The van der Waals surface area contributed by atoms with Gasteiger partial charge >= 0.3 is 0 Å². The second kappa shape index (κ2) is 3.02. The van der Waals surface area contributed by atoms with E-state index in [9.17, 15) is 4.21 Å². The molecule has 1 unspecified atom stereocenters. The summed E-state index contributed by atoms with van der Waals surface area (Å²) in [6.07, 6.45) is 3.19. The molecule has 0 radical (unpaired) electrons. The Balaban J connectivity index is 3.14. The molecule has 1 rings (SSSR count). The molecule has 1 N–H and O–H groups in total. The molecular weight excluding hydrogens is 160 g/mol. The minimum atomic E-state index is -2.29. The van der Waals surface area contributed by atoms with Gasteiger partial charge in [0.1, 0.15) is 0 Å². The Morgan fingerprint density at radius 2 is 2.09 bits per heavy atom. The molecule has 0 aliphatic heterocycles. The van der Waals surface area contributed by atoms with Gasteiger partial charge in [-0.3, -0.25) is 4.98 Å². The van der Waals surface area contributed by atoms with Crippen LogP contribution in [0.15, 0.2) is 29.4 Å². The molecule has 1 aromatic heterocycles. The Morgan fingerprint density at radius 1 is 1.55 bits per heavy atom. The van der Waals surface area contributed by atoms with E-state index < -0.39 is 9.71 Å². The van der Waals surface area contributed by atoms with Crippen molar-refractivity contribution < 1.29 is 4.21 Å². The minimum absolute atomic E-state index is 0.676. The van der Waals surface area contributed by atoms with Gasteiger partial charge in [0.25, 0.3) is 0 Å². The van der Waals surface area contributed by atoms with Crippen LogP contribution in [0.5, 0.6) is 0 Å². The Hall–Kier alpha value is -0.870. The zero-order chi connectivity index (χ0) is 8.32. The number of nitrogens with zero attached hydrogens (tertiary/aromatic N) is 1. The highest BCUT2D eigenvalue weighted by Gasteiger charge is 2.01. The summed E-state index contributed by atoms with van der Waals surface area (Å²) in [5.41, 5.74) is 0. The molecule has 0 amide bonds. The first-order valence-electron chi connectivity index (χ1n) is 3.12. The van der Waals surface area contributed by atoms with Gasteiger partial charge < -0.3 is 0 Å². The summed E-state index contributed by atoms with van der Waals surface area (Å²) >= 11 is 0. The molecule has 0 fully saturated rings. The molecule has 0 saturated carbocycles. The minimum Gasteiger partial charge on any atom is -0.265 e. The van der Waals surface area contributed by atoms with E-state index in [1.54, 1.807) is 31.6 Å². The second-order valence-corrected chi connectivity index (χ2v) is 4.29. The van der Waals surface area contributed by atoms with E-state index >= 15 is 0 Å². The molecule has 4 heteroatoms. The summed E-state index contributed by atoms with van der Waals surface area (Å²) < 4.78 is 14.2. The van der Waals surface area contributed by atoms with Crippen LogP contribution in [0.2, 0.25) is 0 Å². The summed E-state index contributed by atoms with van der Waals surface area (Å²) in [6.45, 7) is 0. The van der Waals surface area contributed by atoms with E-state index in [1.165, 1.54) is 0 Å². The van der Waals surface area contributed by atoms with Crippen molar-refractivity contribution in [2.24, 2.45) is 0 Å². The first kappa shape index (κ1) is 8.23. The van der Waals surface area contributed by atoms with E-state index in [0.717, 1.165) is 0 Å². The quantitative estimate of drug-likeness (QED) is 0.648. The number of hydrogen-bond donors (Lipinski definition) is 1. The highest BCUT2D eigenvalue weighted by molar-refractivity contribution is 7.98. The first-order chi connectivity index (χ1) is 5.17. The summed E-state index contributed by atoms with van der Waals surface area (Å²) in [6, 6.07) is 3.37. The molecule has 0 aromatic carbocycles. The molecule has 60 valence electrons. The number of nitrogens with one attached hydrogen (secondary N) is 1. The lowest BCUT2D eigenvalue weighted by Gasteiger charge is -2.05. The predicted octanol–water partition coefficient (Wildman–Crippen LogP) is 0.291. The molecule has 0 bridgehead atoms. The van der Waals surface area contributed by atoms with E-state index in [-0.39, 0.29) is 0 Å². The fraction of sp³-hybridized carbons (Fsp3) is 0.143. The van der Waals surface area contributed by atoms with Crippen LogP contribution < -0.4 is 4.72 Å². The maximum atomic E-state index is 11.5. The van der Waals surface area contributed by atoms with Crippen LogP contribution in [0.3, 0.4) is 0 Å². The van der Waals surface area contributed by atoms with E-state index in [4.69, 9.17) is 0 Å². The van der Waals surface area contributed by atoms with Crippen molar-refractivity contribution in [1.82, 2.24) is 9.71 Å². The summed E-state index contributed by atoms with van der Waals surface area (Å²) in [7, 11) is -0.667. The van der Waals surface area contributed by atoms with Crippen molar-refractivity contribution in [2.75, 3.05) is 7.05 Å². The maximum absolute atomic E-state index is 11.5. The van der Waals surface area contributed by atoms with E-state index in [2.05, 4.69) is 15.6 Å². The summed E-state index contributed by atoms with van der Waals surface area (Å²) in [5, 5.41) is 0. The molecule has 3 nitrogen and oxygen atoms in total. The summed E-state index contributed by atoms with van der Waals surface area (Å²) in [5.74, 6) is 3.55. The van der Waals surface area contributed by atoms with Gasteiger partial charge in [-0.1, -0.05) is 0 Å². The second-order valence-electron chi connectivity index (χ2n) is 2.06. The zero-order valence-electron chi connectivity index (χ0n) is 6.28. The SMILES string of the molecule is C=S(=O)(NC)c1ccncc1. The van der Waals surface area contributed by atoms with Crippen LogP contribution in [0.25, 0.3) is 0 Å². The number of aromatic nitrogens is 1. The largest absolute Gasteiger partial charge is 0.265 e. The highest BCUT2D eigenvalue weighted by atomic mass is 32.2. The van der Waals surface area contributed by atoms with Crippen LogP contribution in [-0.4, -0.2) is 22.1 Å². The molecule has 0 spiro atoms. The Bertz CT molecular complexity index is 318. The van der Waals surface area contributed by atoms with Crippen LogP contribution in [-0.2, 0) is 9.71 Å². The smallest absolute Gasteiger partial charge is 0.0531 e. The zero-order valence-corrected chi connectivity index (χ0v) is 7.10. The van der Waals surface area contributed by atoms with Gasteiger partial charge in [0, 0.05) is 17.3 Å². The topological polar surface area (TPSA) is 42.0 Å². The number of pyridine rings is 1. The Morgan fingerprint density at radius 3 is 2.55 bits per heavy atom. The average molecular weight is 170 g/mol. The third-order valence-corrected chi connectivity index (χ3v) is 3.05. The number of rotatable bonds is 2. The standard InChI is InChI=1S/C7H10N2OS/c1-8-11(2,10)7-3-5-9-6-4-7/h3-6H,2H2,1H3,(H,8,10). The van der Waals surface area contributed by atoms with E-state index in [1.807, 2.05) is 0 Å². The van der Waals surface area contributed by atoms with Crippen molar-refractivity contribution >= 4 is 15.6 Å². The van der Waals surface area contributed by atoms with Gasteiger partial charge in [0.2, 0.25) is 0 Å². The Labute approximate surface area is 66.6 Å². The molecule has 11 heavy (non-hydrogen) atoms. The van der Waals surface area contributed by atoms with Crippen LogP contribution in [0.1, 0.15) is 0 Å². The van der Waals surface area contributed by atoms with E-state index in [0.29, 0.717) is 4.90 Å². The molecule has 0 saturated heterocycles. The molecule has 1 atom stereocenters. The van der Waals surface area contributed by atoms with Crippen LogP contribution in [0.4, 0.5) is 0 Å². The van der Waals surface area contributed by atoms with Crippen LogP contribution >= 0.6 is 0 Å². The van der Waals surface area contributed by atoms with Crippen LogP contribution in [0, 0.1) is 0 Å². The normalized spacial score (nSPS) is 15.7. The monoisotopic (exact) mass is 170 g/mol. The molecule has 1 aromatic rings. The maximum Gasteiger partial charge on any atom is 0.0531 e. The van der Waals surface area contributed by atoms with Gasteiger partial charge in [-0.2, -0.15) is 0 Å². The molecule has 1 heterocycles. The number of hydrogen-bond acceptors (Lipinski definition) is 2. The molecular formula is C7H10N2OS. The van der Waals surface area contributed by atoms with Crippen molar-refractivity contribution in [2.45, 2.75) is 4.90 Å².